The Kier molecular flexibility index (Phi) is 14.2. The van der Waals surface area contributed by atoms with Crippen molar-refractivity contribution in [2.45, 2.75) is 71.1 Å². The lowest BCUT2D eigenvalue weighted by molar-refractivity contribution is -0.143. The molecule has 0 bridgehead atoms. The molecule has 0 aliphatic carbocycles. The predicted octanol–water partition coefficient (Wildman–Crippen LogP) is -2.47. The van der Waals surface area contributed by atoms with Crippen LogP contribution in [0, 0.1) is 11.8 Å². The van der Waals surface area contributed by atoms with Gasteiger partial charge in [0.25, 0.3) is 0 Å². The minimum absolute atomic E-state index is 0.100. The lowest BCUT2D eigenvalue weighted by Crippen LogP contribution is -2.57. The zero-order valence-electron chi connectivity index (χ0n) is 20.4. The van der Waals surface area contributed by atoms with E-state index in [2.05, 4.69) is 16.0 Å². The number of aliphatic hydroxyl groups excluding tert-OH is 1. The Morgan fingerprint density at radius 1 is 0.829 bits per heavy atom. The maximum Gasteiger partial charge on any atom is 0.328 e. The largest absolute Gasteiger partial charge is 0.481 e. The van der Waals surface area contributed by atoms with Crippen LogP contribution < -0.4 is 27.0 Å². The van der Waals surface area contributed by atoms with Crippen molar-refractivity contribution in [3.05, 3.63) is 0 Å². The van der Waals surface area contributed by atoms with Crippen LogP contribution in [0.1, 0.15) is 47.0 Å². The first-order valence-corrected chi connectivity index (χ1v) is 11.2. The van der Waals surface area contributed by atoms with E-state index in [0.717, 1.165) is 0 Å². The third kappa shape index (κ3) is 12.1. The van der Waals surface area contributed by atoms with E-state index in [4.69, 9.17) is 21.1 Å². The molecule has 0 aromatic carbocycles. The van der Waals surface area contributed by atoms with Crippen molar-refractivity contribution in [2.24, 2.45) is 17.6 Å². The van der Waals surface area contributed by atoms with E-state index in [1.165, 1.54) is 0 Å². The number of carbonyl (C=O) groups is 6. The Morgan fingerprint density at radius 2 is 1.40 bits per heavy atom. The van der Waals surface area contributed by atoms with E-state index >= 15 is 0 Å². The van der Waals surface area contributed by atoms with Crippen LogP contribution in [0.5, 0.6) is 0 Å². The third-order valence-corrected chi connectivity index (χ3v) is 5.15. The summed E-state index contributed by atoms with van der Waals surface area (Å²) < 4.78 is 0. The fraction of sp³-hybridized carbons (Fsp3) is 0.714. The molecule has 0 aliphatic heterocycles. The van der Waals surface area contributed by atoms with Crippen molar-refractivity contribution in [3.63, 3.8) is 0 Å². The molecule has 0 heterocycles. The molecule has 5 atom stereocenters. The van der Waals surface area contributed by atoms with Crippen LogP contribution >= 0.6 is 0 Å². The van der Waals surface area contributed by atoms with E-state index in [-0.39, 0.29) is 18.3 Å². The van der Waals surface area contributed by atoms with Crippen LogP contribution in [0.3, 0.4) is 0 Å². The van der Waals surface area contributed by atoms with Crippen molar-refractivity contribution >= 4 is 35.6 Å². The highest BCUT2D eigenvalue weighted by Gasteiger charge is 2.31. The number of hydrogen-bond acceptors (Lipinski definition) is 8. The van der Waals surface area contributed by atoms with Gasteiger partial charge in [0.1, 0.15) is 18.1 Å². The van der Waals surface area contributed by atoms with Crippen LogP contribution in [-0.4, -0.2) is 88.2 Å². The number of carbonyl (C=O) groups excluding carboxylic acids is 4. The van der Waals surface area contributed by atoms with Gasteiger partial charge in [0.2, 0.25) is 23.6 Å². The second-order valence-corrected chi connectivity index (χ2v) is 8.62. The molecule has 0 aliphatic rings. The molecule has 35 heavy (non-hydrogen) atoms. The van der Waals surface area contributed by atoms with E-state index in [1.807, 2.05) is 12.2 Å². The highest BCUT2D eigenvalue weighted by molar-refractivity contribution is 5.95. The van der Waals surface area contributed by atoms with Crippen molar-refractivity contribution < 1.29 is 44.1 Å². The number of nitrogens with one attached hydrogen (secondary N) is 4. The second-order valence-electron chi connectivity index (χ2n) is 8.62. The molecular weight excluding hydrogens is 466 g/mol. The van der Waals surface area contributed by atoms with Crippen LogP contribution in [0.15, 0.2) is 0 Å². The Hall–Kier alpha value is -3.26. The molecule has 0 saturated carbocycles. The lowest BCUT2D eigenvalue weighted by Gasteiger charge is -2.25. The lowest BCUT2D eigenvalue weighted by atomic mass is 9.98. The molecule has 0 rings (SSSR count). The molecule has 9 N–H and O–H groups in total. The molecule has 0 aromatic heterocycles. The number of aliphatic carboxylic acids is 2. The van der Waals surface area contributed by atoms with Gasteiger partial charge < -0.3 is 42.3 Å². The fourth-order valence-electron chi connectivity index (χ4n) is 2.86. The molecule has 0 fully saturated rings. The smallest absolute Gasteiger partial charge is 0.328 e. The average Bonchev–Trinajstić information content (AvgIpc) is 2.77. The minimum Gasteiger partial charge on any atom is -0.481 e. The van der Waals surface area contributed by atoms with Crippen LogP contribution in [0.4, 0.5) is 0 Å². The summed E-state index contributed by atoms with van der Waals surface area (Å²) in [6.07, 6.45) is -0.0469. The van der Waals surface area contributed by atoms with Gasteiger partial charge in [-0.2, -0.15) is 0 Å². The zero-order chi connectivity index (χ0) is 27.3. The van der Waals surface area contributed by atoms with Crippen molar-refractivity contribution in [2.75, 3.05) is 13.2 Å². The molecule has 0 spiro atoms. The van der Waals surface area contributed by atoms with E-state index in [0.29, 0.717) is 6.42 Å². The van der Waals surface area contributed by atoms with Crippen LogP contribution in [0.2, 0.25) is 0 Å². The van der Waals surface area contributed by atoms with Gasteiger partial charge in [-0.25, -0.2) is 4.79 Å². The maximum absolute atomic E-state index is 12.8. The molecule has 0 saturated heterocycles. The maximum atomic E-state index is 12.8. The molecule has 14 nitrogen and oxygen atoms in total. The van der Waals surface area contributed by atoms with Crippen molar-refractivity contribution in [1.82, 2.24) is 21.3 Å². The summed E-state index contributed by atoms with van der Waals surface area (Å²) >= 11 is 0. The number of amides is 4. The minimum atomic E-state index is -1.55. The monoisotopic (exact) mass is 503 g/mol. The summed E-state index contributed by atoms with van der Waals surface area (Å²) in [6, 6.07) is -5.19. The Balaban J connectivity index is 5.34. The first-order valence-electron chi connectivity index (χ1n) is 11.2. The summed E-state index contributed by atoms with van der Waals surface area (Å²) in [5.41, 5.74) is 5.85. The summed E-state index contributed by atoms with van der Waals surface area (Å²) in [6.45, 7) is 5.60. The van der Waals surface area contributed by atoms with Crippen molar-refractivity contribution in [1.29, 1.82) is 0 Å². The van der Waals surface area contributed by atoms with Gasteiger partial charge in [-0.05, 0) is 18.3 Å². The highest BCUT2D eigenvalue weighted by atomic mass is 16.4. The van der Waals surface area contributed by atoms with E-state index in [1.54, 1.807) is 20.8 Å². The molecule has 14 heteroatoms. The second kappa shape index (κ2) is 15.6. The summed E-state index contributed by atoms with van der Waals surface area (Å²) in [4.78, 5) is 71.8. The van der Waals surface area contributed by atoms with Gasteiger partial charge in [-0.1, -0.05) is 34.1 Å². The Morgan fingerprint density at radius 3 is 1.86 bits per heavy atom. The van der Waals surface area contributed by atoms with Gasteiger partial charge in [-0.15, -0.1) is 0 Å². The number of carboxylic acid groups (broad SMARTS) is 2. The Labute approximate surface area is 203 Å². The number of rotatable bonds is 16. The van der Waals surface area contributed by atoms with Crippen molar-refractivity contribution in [3.8, 4) is 0 Å². The Bertz CT molecular complexity index is 774. The number of carboxylic acids is 2. The van der Waals surface area contributed by atoms with Gasteiger partial charge in [-0.3, -0.25) is 24.0 Å². The predicted molar refractivity (Wildman–Crippen MR) is 123 cm³/mol. The number of hydrogen-bond donors (Lipinski definition) is 8. The number of aliphatic hydroxyl groups is 1. The highest BCUT2D eigenvalue weighted by Crippen LogP contribution is 2.08. The average molecular weight is 504 g/mol. The standard InChI is InChI=1S/C21H37N5O9/c1-5-11(4)17(22)20(33)26-13(7-16(29)30)19(32)25-12(6-10(2)3)18(31)23-8-15(28)24-14(9-27)21(34)35/h10-14,17,27H,5-9,22H2,1-4H3,(H,23,31)(H,24,28)(H,25,32)(H,26,33)(H,29,30)(H,34,35)/t11-,12-,13-,14-,17-/m0/s1. The van der Waals surface area contributed by atoms with E-state index < -0.39 is 79.3 Å². The summed E-state index contributed by atoms with van der Waals surface area (Å²) in [5.74, 6) is -6.44. The molecule has 0 aromatic rings. The third-order valence-electron chi connectivity index (χ3n) is 5.15. The van der Waals surface area contributed by atoms with E-state index in [9.17, 15) is 28.8 Å². The summed E-state index contributed by atoms with van der Waals surface area (Å²) in [5, 5.41) is 36.0. The normalized spacial score (nSPS) is 15.2. The molecule has 200 valence electrons. The molecular formula is C21H37N5O9. The van der Waals surface area contributed by atoms with Gasteiger partial charge in [0, 0.05) is 0 Å². The summed E-state index contributed by atoms with van der Waals surface area (Å²) in [7, 11) is 0. The van der Waals surface area contributed by atoms with Crippen LogP contribution in [-0.2, 0) is 28.8 Å². The zero-order valence-corrected chi connectivity index (χ0v) is 20.4. The topological polar surface area (TPSA) is 237 Å². The van der Waals surface area contributed by atoms with Gasteiger partial charge in [0.05, 0.1) is 25.6 Å². The quantitative estimate of drug-likeness (QED) is 0.110. The number of nitrogens with two attached hydrogens (primary N) is 1. The first kappa shape index (κ1) is 31.7. The van der Waals surface area contributed by atoms with Crippen LogP contribution in [0.25, 0.3) is 0 Å². The molecule has 0 radical (unpaired) electrons. The molecule has 4 amide bonds. The molecule has 0 unspecified atom stereocenters. The SMILES string of the molecule is CC[C@H](C)[C@H](N)C(=O)N[C@@H](CC(=O)O)C(=O)N[C@@H](CC(C)C)C(=O)NCC(=O)N[C@@H](CO)C(=O)O. The van der Waals surface area contributed by atoms with Gasteiger partial charge >= 0.3 is 11.9 Å². The van der Waals surface area contributed by atoms with Gasteiger partial charge in [0.15, 0.2) is 0 Å². The first-order chi connectivity index (χ1) is 16.2. The fourth-order valence-corrected chi connectivity index (χ4v) is 2.86.